The van der Waals surface area contributed by atoms with Crippen LogP contribution in [0.5, 0.6) is 11.5 Å². The average Bonchev–Trinajstić information content (AvgIpc) is 2.60. The predicted molar refractivity (Wildman–Crippen MR) is 101 cm³/mol. The summed E-state index contributed by atoms with van der Waals surface area (Å²) in [6.07, 6.45) is 0.893. The summed E-state index contributed by atoms with van der Waals surface area (Å²) in [5.74, 6) is 0.498. The number of anilines is 1. The van der Waals surface area contributed by atoms with Crippen molar-refractivity contribution in [2.75, 3.05) is 18.5 Å². The highest BCUT2D eigenvalue weighted by atomic mass is 35.5. The zero-order chi connectivity index (χ0) is 18.9. The summed E-state index contributed by atoms with van der Waals surface area (Å²) in [6.45, 7) is 2.12. The van der Waals surface area contributed by atoms with Crippen LogP contribution >= 0.6 is 11.6 Å². The fourth-order valence-corrected chi connectivity index (χ4v) is 2.29. The van der Waals surface area contributed by atoms with Crippen molar-refractivity contribution in [1.29, 1.82) is 0 Å². The number of rotatable bonds is 9. The van der Waals surface area contributed by atoms with E-state index in [9.17, 15) is 9.59 Å². The molecule has 26 heavy (non-hydrogen) atoms. The van der Waals surface area contributed by atoms with Crippen LogP contribution in [0.15, 0.2) is 42.5 Å². The Morgan fingerprint density at radius 1 is 1.12 bits per heavy atom. The molecule has 138 valence electrons. The van der Waals surface area contributed by atoms with Crippen LogP contribution in [0.2, 0.25) is 5.02 Å². The Hall–Kier alpha value is -2.73. The third kappa shape index (κ3) is 6.64. The lowest BCUT2D eigenvalue weighted by atomic mass is 10.2. The molecule has 0 aromatic heterocycles. The van der Waals surface area contributed by atoms with Gasteiger partial charge in [0.2, 0.25) is 5.91 Å². The molecule has 6 nitrogen and oxygen atoms in total. The van der Waals surface area contributed by atoms with Gasteiger partial charge in [0, 0.05) is 23.2 Å². The van der Waals surface area contributed by atoms with Crippen LogP contribution in [0.4, 0.5) is 5.69 Å². The van der Waals surface area contributed by atoms with Crippen LogP contribution < -0.4 is 20.5 Å². The van der Waals surface area contributed by atoms with E-state index in [0.717, 1.165) is 11.3 Å². The predicted octanol–water partition coefficient (Wildman–Crippen LogP) is 3.31. The zero-order valence-electron chi connectivity index (χ0n) is 14.5. The maximum absolute atomic E-state index is 12.0. The molecule has 0 aliphatic rings. The van der Waals surface area contributed by atoms with Gasteiger partial charge in [0.25, 0.3) is 5.91 Å². The minimum atomic E-state index is -0.560. The number of benzene rings is 2. The first kappa shape index (κ1) is 19.6. The van der Waals surface area contributed by atoms with Crippen molar-refractivity contribution in [3.63, 3.8) is 0 Å². The molecule has 0 heterocycles. The van der Waals surface area contributed by atoms with Gasteiger partial charge in [-0.25, -0.2) is 0 Å². The number of hydrogen-bond donors (Lipinski definition) is 2. The Labute approximate surface area is 157 Å². The van der Waals surface area contributed by atoms with E-state index in [-0.39, 0.29) is 12.5 Å². The molecule has 0 aliphatic heterocycles. The highest BCUT2D eigenvalue weighted by molar-refractivity contribution is 6.31. The Bertz CT molecular complexity index is 780. The largest absolute Gasteiger partial charge is 0.494 e. The van der Waals surface area contributed by atoms with E-state index in [2.05, 4.69) is 5.32 Å². The monoisotopic (exact) mass is 376 g/mol. The summed E-state index contributed by atoms with van der Waals surface area (Å²) in [7, 11) is 0. The van der Waals surface area contributed by atoms with Gasteiger partial charge in [0.15, 0.2) is 6.61 Å². The summed E-state index contributed by atoms with van der Waals surface area (Å²) in [6, 6.07) is 12.2. The molecule has 0 saturated carbocycles. The lowest BCUT2D eigenvalue weighted by molar-refractivity contribution is -0.120. The minimum Gasteiger partial charge on any atom is -0.494 e. The van der Waals surface area contributed by atoms with Crippen molar-refractivity contribution in [2.24, 2.45) is 5.73 Å². The SMILES string of the molecule is Cc1cc(OCCCC(=O)Nc2cccc(OCC(N)=O)c2)ccc1Cl. The van der Waals surface area contributed by atoms with E-state index in [0.29, 0.717) is 35.9 Å². The van der Waals surface area contributed by atoms with E-state index in [4.69, 9.17) is 26.8 Å². The molecule has 0 unspecified atom stereocenters. The molecule has 3 N–H and O–H groups in total. The topological polar surface area (TPSA) is 90.7 Å². The molecular formula is C19H21ClN2O4. The molecule has 0 aliphatic carbocycles. The zero-order valence-corrected chi connectivity index (χ0v) is 15.2. The van der Waals surface area contributed by atoms with Crippen molar-refractivity contribution in [3.8, 4) is 11.5 Å². The van der Waals surface area contributed by atoms with Gasteiger partial charge >= 0.3 is 0 Å². The maximum Gasteiger partial charge on any atom is 0.255 e. The molecular weight excluding hydrogens is 356 g/mol. The van der Waals surface area contributed by atoms with E-state index in [1.807, 2.05) is 13.0 Å². The smallest absolute Gasteiger partial charge is 0.255 e. The fourth-order valence-electron chi connectivity index (χ4n) is 2.17. The molecule has 0 atom stereocenters. The highest BCUT2D eigenvalue weighted by Crippen LogP contribution is 2.21. The third-order valence-electron chi connectivity index (χ3n) is 3.45. The Morgan fingerprint density at radius 3 is 2.62 bits per heavy atom. The standard InChI is InChI=1S/C19H21ClN2O4/c1-13-10-16(7-8-17(13)20)25-9-3-6-19(24)22-14-4-2-5-15(11-14)26-12-18(21)23/h2,4-5,7-8,10-11H,3,6,9,12H2,1H3,(H2,21,23)(H,22,24). The number of primary amides is 1. The van der Waals surface area contributed by atoms with Crippen LogP contribution in [0, 0.1) is 6.92 Å². The first-order valence-corrected chi connectivity index (χ1v) is 8.52. The van der Waals surface area contributed by atoms with Gasteiger partial charge in [0.05, 0.1) is 6.61 Å². The van der Waals surface area contributed by atoms with Crippen molar-refractivity contribution >= 4 is 29.1 Å². The summed E-state index contributed by atoms with van der Waals surface area (Å²) in [4.78, 5) is 22.7. The van der Waals surface area contributed by atoms with Gasteiger partial charge in [-0.15, -0.1) is 0 Å². The average molecular weight is 377 g/mol. The van der Waals surface area contributed by atoms with Gasteiger partial charge in [-0.3, -0.25) is 9.59 Å². The van der Waals surface area contributed by atoms with Gasteiger partial charge in [-0.2, -0.15) is 0 Å². The number of nitrogens with one attached hydrogen (secondary N) is 1. The molecule has 7 heteroatoms. The Balaban J connectivity index is 1.73. The first-order valence-electron chi connectivity index (χ1n) is 8.14. The molecule has 2 amide bonds. The number of aryl methyl sites for hydroxylation is 1. The third-order valence-corrected chi connectivity index (χ3v) is 3.87. The minimum absolute atomic E-state index is 0.132. The number of carbonyl (C=O) groups is 2. The number of carbonyl (C=O) groups excluding carboxylic acids is 2. The van der Waals surface area contributed by atoms with Gasteiger partial charge in [-0.1, -0.05) is 17.7 Å². The summed E-state index contributed by atoms with van der Waals surface area (Å²) in [5.41, 5.74) is 6.57. The number of hydrogen-bond acceptors (Lipinski definition) is 4. The molecule has 2 aromatic rings. The molecule has 0 fully saturated rings. The Morgan fingerprint density at radius 2 is 1.88 bits per heavy atom. The van der Waals surface area contributed by atoms with Crippen LogP contribution in [-0.2, 0) is 9.59 Å². The van der Waals surface area contributed by atoms with Crippen molar-refractivity contribution in [3.05, 3.63) is 53.1 Å². The Kier molecular flexibility index (Phi) is 7.29. The van der Waals surface area contributed by atoms with E-state index < -0.39 is 5.91 Å². The molecule has 0 radical (unpaired) electrons. The van der Waals surface area contributed by atoms with Gasteiger partial charge < -0.3 is 20.5 Å². The van der Waals surface area contributed by atoms with Crippen molar-refractivity contribution in [2.45, 2.75) is 19.8 Å². The lowest BCUT2D eigenvalue weighted by Crippen LogP contribution is -2.20. The van der Waals surface area contributed by atoms with Crippen molar-refractivity contribution < 1.29 is 19.1 Å². The summed E-state index contributed by atoms with van der Waals surface area (Å²) in [5, 5.41) is 3.47. The van der Waals surface area contributed by atoms with E-state index in [1.54, 1.807) is 36.4 Å². The number of nitrogens with two attached hydrogens (primary N) is 1. The van der Waals surface area contributed by atoms with Crippen molar-refractivity contribution in [1.82, 2.24) is 0 Å². The van der Waals surface area contributed by atoms with Crippen LogP contribution in [0.3, 0.4) is 0 Å². The van der Waals surface area contributed by atoms with E-state index in [1.165, 1.54) is 0 Å². The number of ether oxygens (including phenoxy) is 2. The first-order chi connectivity index (χ1) is 12.4. The van der Waals surface area contributed by atoms with Crippen LogP contribution in [0.25, 0.3) is 0 Å². The molecule has 2 aromatic carbocycles. The number of amides is 2. The second kappa shape index (κ2) is 9.68. The lowest BCUT2D eigenvalue weighted by Gasteiger charge is -2.09. The maximum atomic E-state index is 12.0. The van der Waals surface area contributed by atoms with Gasteiger partial charge in [0.1, 0.15) is 11.5 Å². The molecule has 0 bridgehead atoms. The fraction of sp³-hybridized carbons (Fsp3) is 0.263. The summed E-state index contributed by atoms with van der Waals surface area (Å²) < 4.78 is 10.8. The van der Waals surface area contributed by atoms with Gasteiger partial charge in [-0.05, 0) is 49.2 Å². The second-order valence-electron chi connectivity index (χ2n) is 5.69. The molecule has 2 rings (SSSR count). The van der Waals surface area contributed by atoms with Crippen LogP contribution in [-0.4, -0.2) is 25.0 Å². The van der Waals surface area contributed by atoms with E-state index >= 15 is 0 Å². The molecule has 0 saturated heterocycles. The normalized spacial score (nSPS) is 10.2. The quantitative estimate of drug-likeness (QED) is 0.657. The van der Waals surface area contributed by atoms with Crippen LogP contribution in [0.1, 0.15) is 18.4 Å². The second-order valence-corrected chi connectivity index (χ2v) is 6.10. The number of halogens is 1. The molecule has 0 spiro atoms. The summed E-state index contributed by atoms with van der Waals surface area (Å²) >= 11 is 5.97. The highest BCUT2D eigenvalue weighted by Gasteiger charge is 2.05.